The molecule has 2 N–H and O–H groups in total. The third-order valence-corrected chi connectivity index (χ3v) is 4.65. The molecular weight excluding hydrogens is 455 g/mol. The SMILES string of the molecule is CC(C)(C)OC(=O)N1CCCC(Nc2ccc(-n3ccccc3=O)cc2)C1.O=C(O)C(F)(F)F. The first-order valence-corrected chi connectivity index (χ1v) is 10.6. The number of alkyl halides is 3. The average Bonchev–Trinajstić information content (AvgIpc) is 2.74. The van der Waals surface area contributed by atoms with E-state index in [0.29, 0.717) is 6.54 Å². The number of hydrogen-bond acceptors (Lipinski definition) is 5. The molecule has 11 heteroatoms. The molecule has 0 saturated carbocycles. The van der Waals surface area contributed by atoms with Gasteiger partial charge in [-0.15, -0.1) is 0 Å². The van der Waals surface area contributed by atoms with Crippen LogP contribution in [0.5, 0.6) is 0 Å². The molecule has 0 spiro atoms. The highest BCUT2D eigenvalue weighted by Crippen LogP contribution is 2.20. The zero-order chi connectivity index (χ0) is 25.5. The Bertz CT molecular complexity index is 1030. The minimum atomic E-state index is -5.08. The number of ether oxygens (including phenoxy) is 1. The smallest absolute Gasteiger partial charge is 0.475 e. The fourth-order valence-electron chi connectivity index (χ4n) is 3.18. The Morgan fingerprint density at radius 2 is 1.71 bits per heavy atom. The number of nitrogens with one attached hydrogen (secondary N) is 1. The number of piperidine rings is 1. The van der Waals surface area contributed by atoms with E-state index in [1.54, 1.807) is 27.8 Å². The van der Waals surface area contributed by atoms with Gasteiger partial charge in [0.05, 0.1) is 0 Å². The van der Waals surface area contributed by atoms with E-state index in [4.69, 9.17) is 14.6 Å². The molecule has 8 nitrogen and oxygen atoms in total. The molecule has 186 valence electrons. The number of halogens is 3. The van der Waals surface area contributed by atoms with Gasteiger partial charge in [0, 0.05) is 42.8 Å². The lowest BCUT2D eigenvalue weighted by Crippen LogP contribution is -2.46. The summed E-state index contributed by atoms with van der Waals surface area (Å²) in [6, 6.07) is 13.0. The summed E-state index contributed by atoms with van der Waals surface area (Å²) in [5, 5.41) is 10.6. The molecular formula is C23H28F3N3O5. The number of rotatable bonds is 3. The molecule has 2 heterocycles. The van der Waals surface area contributed by atoms with Crippen LogP contribution in [0.1, 0.15) is 33.6 Å². The summed E-state index contributed by atoms with van der Waals surface area (Å²) < 4.78 is 38.8. The van der Waals surface area contributed by atoms with Crippen LogP contribution in [0.4, 0.5) is 23.7 Å². The molecule has 2 aromatic rings. The summed E-state index contributed by atoms with van der Waals surface area (Å²) >= 11 is 0. The maximum atomic E-state index is 12.3. The van der Waals surface area contributed by atoms with Crippen molar-refractivity contribution in [1.82, 2.24) is 9.47 Å². The van der Waals surface area contributed by atoms with Crippen LogP contribution in [0.3, 0.4) is 0 Å². The summed E-state index contributed by atoms with van der Waals surface area (Å²) in [5.41, 5.74) is 1.26. The number of anilines is 1. The van der Waals surface area contributed by atoms with E-state index in [2.05, 4.69) is 5.32 Å². The number of benzene rings is 1. The number of pyridine rings is 1. The number of nitrogens with zero attached hydrogens (tertiary/aromatic N) is 2. The predicted molar refractivity (Wildman–Crippen MR) is 120 cm³/mol. The lowest BCUT2D eigenvalue weighted by atomic mass is 10.1. The van der Waals surface area contributed by atoms with E-state index >= 15 is 0 Å². The molecule has 1 amide bonds. The van der Waals surface area contributed by atoms with E-state index in [1.165, 1.54) is 0 Å². The van der Waals surface area contributed by atoms with Gasteiger partial charge in [0.1, 0.15) is 5.60 Å². The van der Waals surface area contributed by atoms with Gasteiger partial charge in [-0.2, -0.15) is 13.2 Å². The van der Waals surface area contributed by atoms with Crippen LogP contribution >= 0.6 is 0 Å². The zero-order valence-corrected chi connectivity index (χ0v) is 19.1. The average molecular weight is 483 g/mol. The maximum absolute atomic E-state index is 12.3. The van der Waals surface area contributed by atoms with E-state index in [9.17, 15) is 22.8 Å². The summed E-state index contributed by atoms with van der Waals surface area (Å²) in [6.07, 6.45) is -1.65. The highest BCUT2D eigenvalue weighted by atomic mass is 19.4. The Balaban J connectivity index is 0.000000509. The van der Waals surface area contributed by atoms with E-state index in [0.717, 1.165) is 30.8 Å². The van der Waals surface area contributed by atoms with Crippen molar-refractivity contribution in [3.05, 3.63) is 59.0 Å². The van der Waals surface area contributed by atoms with Crippen molar-refractivity contribution < 1.29 is 32.6 Å². The first kappa shape index (κ1) is 26.7. The van der Waals surface area contributed by atoms with Crippen LogP contribution in [0.2, 0.25) is 0 Å². The Hall–Kier alpha value is -3.50. The van der Waals surface area contributed by atoms with Crippen molar-refractivity contribution in [3.8, 4) is 5.69 Å². The first-order valence-electron chi connectivity index (χ1n) is 10.6. The molecule has 0 radical (unpaired) electrons. The largest absolute Gasteiger partial charge is 0.490 e. The van der Waals surface area contributed by atoms with Gasteiger partial charge in [0.15, 0.2) is 0 Å². The number of carboxylic acid groups (broad SMARTS) is 1. The third kappa shape index (κ3) is 8.45. The Labute approximate surface area is 194 Å². The second-order valence-electron chi connectivity index (χ2n) is 8.67. The molecule has 1 aliphatic heterocycles. The van der Waals surface area contributed by atoms with Gasteiger partial charge in [0.25, 0.3) is 5.56 Å². The quantitative estimate of drug-likeness (QED) is 0.676. The molecule has 1 fully saturated rings. The third-order valence-electron chi connectivity index (χ3n) is 4.65. The molecule has 3 rings (SSSR count). The number of aromatic nitrogens is 1. The second-order valence-corrected chi connectivity index (χ2v) is 8.67. The van der Waals surface area contributed by atoms with Gasteiger partial charge in [-0.1, -0.05) is 6.07 Å². The summed E-state index contributed by atoms with van der Waals surface area (Å²) in [4.78, 5) is 34.9. The molecule has 1 atom stereocenters. The molecule has 0 bridgehead atoms. The van der Waals surface area contributed by atoms with Crippen LogP contribution in [0.15, 0.2) is 53.5 Å². The normalized spacial score (nSPS) is 16.2. The number of carbonyl (C=O) groups is 2. The van der Waals surface area contributed by atoms with Crippen LogP contribution in [-0.4, -0.2) is 57.5 Å². The molecule has 1 aliphatic rings. The highest BCUT2D eigenvalue weighted by Gasteiger charge is 2.38. The minimum Gasteiger partial charge on any atom is -0.475 e. The van der Waals surface area contributed by atoms with Crippen molar-refractivity contribution >= 4 is 17.7 Å². The van der Waals surface area contributed by atoms with Gasteiger partial charge in [-0.05, 0) is 63.9 Å². The second kappa shape index (κ2) is 11.1. The lowest BCUT2D eigenvalue weighted by molar-refractivity contribution is -0.192. The number of likely N-dealkylation sites (tertiary alicyclic amines) is 1. The van der Waals surface area contributed by atoms with E-state index in [1.807, 2.05) is 51.1 Å². The standard InChI is InChI=1S/C21H27N3O3.C2HF3O2/c1-21(2,3)27-20(26)23-13-6-7-17(15-23)22-16-9-11-18(12-10-16)24-14-5-4-8-19(24)25;3-2(4,5)1(6)7/h4-5,8-12,14,17,22H,6-7,13,15H2,1-3H3;(H,6,7). The van der Waals surface area contributed by atoms with Crippen molar-refractivity contribution in [2.45, 2.75) is 51.4 Å². The number of hydrogen-bond donors (Lipinski definition) is 2. The molecule has 1 saturated heterocycles. The van der Waals surface area contributed by atoms with Crippen LogP contribution in [-0.2, 0) is 9.53 Å². The number of carbonyl (C=O) groups excluding carboxylic acids is 1. The number of aliphatic carboxylic acids is 1. The summed E-state index contributed by atoms with van der Waals surface area (Å²) in [6.45, 7) is 6.98. The van der Waals surface area contributed by atoms with E-state index < -0.39 is 17.7 Å². The van der Waals surface area contributed by atoms with E-state index in [-0.39, 0.29) is 17.7 Å². The Morgan fingerprint density at radius 3 is 2.24 bits per heavy atom. The molecule has 1 aromatic heterocycles. The van der Waals surface area contributed by atoms with Crippen molar-refractivity contribution in [2.75, 3.05) is 18.4 Å². The Kier molecular flexibility index (Phi) is 8.72. The van der Waals surface area contributed by atoms with Crippen molar-refractivity contribution in [1.29, 1.82) is 0 Å². The zero-order valence-electron chi connectivity index (χ0n) is 19.1. The molecule has 34 heavy (non-hydrogen) atoms. The van der Waals surface area contributed by atoms with Gasteiger partial charge in [-0.3, -0.25) is 9.36 Å². The minimum absolute atomic E-state index is 0.0570. The predicted octanol–water partition coefficient (Wildman–Crippen LogP) is 4.28. The fraction of sp³-hybridized carbons (Fsp3) is 0.435. The topological polar surface area (TPSA) is 101 Å². The van der Waals surface area contributed by atoms with Crippen molar-refractivity contribution in [2.24, 2.45) is 0 Å². The molecule has 1 unspecified atom stereocenters. The maximum Gasteiger partial charge on any atom is 0.490 e. The lowest BCUT2D eigenvalue weighted by Gasteiger charge is -2.34. The van der Waals surface area contributed by atoms with Gasteiger partial charge < -0.3 is 20.1 Å². The van der Waals surface area contributed by atoms with Crippen molar-refractivity contribution in [3.63, 3.8) is 0 Å². The first-order chi connectivity index (χ1) is 15.8. The monoisotopic (exact) mass is 483 g/mol. The fourth-order valence-corrected chi connectivity index (χ4v) is 3.18. The van der Waals surface area contributed by atoms with Crippen LogP contribution < -0.4 is 10.9 Å². The van der Waals surface area contributed by atoms with Gasteiger partial charge >= 0.3 is 18.2 Å². The Morgan fingerprint density at radius 1 is 1.09 bits per heavy atom. The summed E-state index contributed by atoms with van der Waals surface area (Å²) in [5.74, 6) is -2.76. The summed E-state index contributed by atoms with van der Waals surface area (Å²) in [7, 11) is 0. The molecule has 0 aliphatic carbocycles. The number of amides is 1. The van der Waals surface area contributed by atoms with Gasteiger partial charge in [-0.25, -0.2) is 9.59 Å². The number of carboxylic acids is 1. The molecule has 1 aromatic carbocycles. The van der Waals surface area contributed by atoms with Crippen LogP contribution in [0, 0.1) is 0 Å². The highest BCUT2D eigenvalue weighted by molar-refractivity contribution is 5.73. The van der Waals surface area contributed by atoms with Gasteiger partial charge in [0.2, 0.25) is 0 Å². The van der Waals surface area contributed by atoms with Crippen LogP contribution in [0.25, 0.3) is 5.69 Å².